The normalized spacial score (nSPS) is 20.8. The van der Waals surface area contributed by atoms with Gasteiger partial charge in [0.25, 0.3) is 0 Å². The minimum Gasteiger partial charge on any atom is -0.369 e. The van der Waals surface area contributed by atoms with Crippen LogP contribution in [0.2, 0.25) is 5.15 Å². The van der Waals surface area contributed by atoms with Gasteiger partial charge >= 0.3 is 0 Å². The summed E-state index contributed by atoms with van der Waals surface area (Å²) in [4.78, 5) is 17.4. The molecular weight excluding hydrogens is 226 g/mol. The van der Waals surface area contributed by atoms with Crippen molar-refractivity contribution in [3.63, 3.8) is 0 Å². The highest BCUT2D eigenvalue weighted by molar-refractivity contribution is 6.29. The van der Waals surface area contributed by atoms with Crippen LogP contribution in [0.1, 0.15) is 12.8 Å². The Kier molecular flexibility index (Phi) is 3.29. The molecule has 1 saturated heterocycles. The van der Waals surface area contributed by atoms with Crippen LogP contribution in [-0.2, 0) is 4.79 Å². The first-order valence-corrected chi connectivity index (χ1v) is 5.71. The standard InChI is InChI=1S/C11H14ClN3O/c12-9-4-1-5-10(14-9)15-6-2-3-8(7-15)11(13)16/h1,4-5,8H,2-3,6-7H2,(H2,13,16). The molecule has 0 spiro atoms. The third kappa shape index (κ3) is 2.44. The van der Waals surface area contributed by atoms with E-state index < -0.39 is 0 Å². The molecule has 1 unspecified atom stereocenters. The molecule has 2 rings (SSSR count). The molecule has 1 aromatic rings. The molecule has 1 aromatic heterocycles. The van der Waals surface area contributed by atoms with Crippen molar-refractivity contribution in [2.75, 3.05) is 18.0 Å². The fourth-order valence-electron chi connectivity index (χ4n) is 1.99. The van der Waals surface area contributed by atoms with Gasteiger partial charge in [0.05, 0.1) is 5.92 Å². The zero-order valence-corrected chi connectivity index (χ0v) is 9.65. The number of piperidine rings is 1. The molecule has 0 radical (unpaired) electrons. The second-order valence-corrected chi connectivity index (χ2v) is 4.39. The first-order valence-electron chi connectivity index (χ1n) is 5.33. The molecule has 0 aliphatic carbocycles. The number of carbonyl (C=O) groups is 1. The third-order valence-corrected chi connectivity index (χ3v) is 3.06. The number of rotatable bonds is 2. The second kappa shape index (κ2) is 4.70. The van der Waals surface area contributed by atoms with Gasteiger partial charge < -0.3 is 10.6 Å². The largest absolute Gasteiger partial charge is 0.369 e. The summed E-state index contributed by atoms with van der Waals surface area (Å²) in [5, 5.41) is 0.471. The SMILES string of the molecule is NC(=O)C1CCCN(c2cccc(Cl)n2)C1. The maximum atomic E-state index is 11.1. The van der Waals surface area contributed by atoms with E-state index in [0.717, 1.165) is 25.2 Å². The molecule has 0 aromatic carbocycles. The lowest BCUT2D eigenvalue weighted by atomic mass is 9.97. The maximum Gasteiger partial charge on any atom is 0.222 e. The molecule has 1 aliphatic rings. The molecule has 2 N–H and O–H groups in total. The van der Waals surface area contributed by atoms with E-state index in [1.807, 2.05) is 12.1 Å². The number of nitrogens with two attached hydrogens (primary N) is 1. The number of anilines is 1. The van der Waals surface area contributed by atoms with Crippen molar-refractivity contribution in [1.29, 1.82) is 0 Å². The van der Waals surface area contributed by atoms with Crippen LogP contribution in [0, 0.1) is 5.92 Å². The first kappa shape index (κ1) is 11.2. The Labute approximate surface area is 99.4 Å². The first-order chi connectivity index (χ1) is 7.66. The Bertz CT molecular complexity index is 397. The highest BCUT2D eigenvalue weighted by Crippen LogP contribution is 2.22. The van der Waals surface area contributed by atoms with Crippen molar-refractivity contribution < 1.29 is 4.79 Å². The topological polar surface area (TPSA) is 59.2 Å². The van der Waals surface area contributed by atoms with E-state index in [2.05, 4.69) is 9.88 Å². The molecular formula is C11H14ClN3O. The quantitative estimate of drug-likeness (QED) is 0.795. The summed E-state index contributed by atoms with van der Waals surface area (Å²) in [7, 11) is 0. The summed E-state index contributed by atoms with van der Waals surface area (Å²) in [6.45, 7) is 1.54. The number of hydrogen-bond donors (Lipinski definition) is 1. The van der Waals surface area contributed by atoms with Gasteiger partial charge in [-0.15, -0.1) is 0 Å². The van der Waals surface area contributed by atoms with Gasteiger partial charge in [-0.1, -0.05) is 17.7 Å². The van der Waals surface area contributed by atoms with E-state index in [1.165, 1.54) is 0 Å². The van der Waals surface area contributed by atoms with Gasteiger partial charge in [-0.25, -0.2) is 4.98 Å². The van der Waals surface area contributed by atoms with E-state index in [-0.39, 0.29) is 11.8 Å². The van der Waals surface area contributed by atoms with Gasteiger partial charge in [-0.05, 0) is 25.0 Å². The summed E-state index contributed by atoms with van der Waals surface area (Å²) in [6, 6.07) is 5.49. The van der Waals surface area contributed by atoms with Crippen LogP contribution in [0.25, 0.3) is 0 Å². The smallest absolute Gasteiger partial charge is 0.222 e. The average molecular weight is 240 g/mol. The molecule has 4 nitrogen and oxygen atoms in total. The molecule has 5 heteroatoms. The Hall–Kier alpha value is -1.29. The maximum absolute atomic E-state index is 11.1. The number of pyridine rings is 1. The van der Waals surface area contributed by atoms with Crippen LogP contribution >= 0.6 is 11.6 Å². The number of carbonyl (C=O) groups excluding carboxylic acids is 1. The number of halogens is 1. The van der Waals surface area contributed by atoms with E-state index in [0.29, 0.717) is 11.7 Å². The van der Waals surface area contributed by atoms with Gasteiger partial charge in [0.2, 0.25) is 5.91 Å². The molecule has 16 heavy (non-hydrogen) atoms. The number of aromatic nitrogens is 1. The van der Waals surface area contributed by atoms with Crippen LogP contribution in [-0.4, -0.2) is 24.0 Å². The average Bonchev–Trinajstić information content (AvgIpc) is 2.29. The van der Waals surface area contributed by atoms with Crippen LogP contribution in [0.4, 0.5) is 5.82 Å². The van der Waals surface area contributed by atoms with Gasteiger partial charge in [0.15, 0.2) is 0 Å². The molecule has 1 atom stereocenters. The summed E-state index contributed by atoms with van der Waals surface area (Å²) in [6.07, 6.45) is 1.83. The van der Waals surface area contributed by atoms with Gasteiger partial charge in [-0.2, -0.15) is 0 Å². The molecule has 1 aliphatic heterocycles. The zero-order chi connectivity index (χ0) is 11.5. The molecule has 0 saturated carbocycles. The Morgan fingerprint density at radius 1 is 1.56 bits per heavy atom. The Morgan fingerprint density at radius 3 is 3.06 bits per heavy atom. The zero-order valence-electron chi connectivity index (χ0n) is 8.90. The fourth-order valence-corrected chi connectivity index (χ4v) is 2.15. The number of amides is 1. The Balaban J connectivity index is 2.12. The minimum atomic E-state index is -0.230. The summed E-state index contributed by atoms with van der Waals surface area (Å²) >= 11 is 5.83. The predicted octanol–water partition coefficient (Wildman–Crippen LogP) is 1.44. The molecule has 1 fully saturated rings. The summed E-state index contributed by atoms with van der Waals surface area (Å²) < 4.78 is 0. The summed E-state index contributed by atoms with van der Waals surface area (Å²) in [5.74, 6) is 0.514. The van der Waals surface area contributed by atoms with Gasteiger partial charge in [-0.3, -0.25) is 4.79 Å². The minimum absolute atomic E-state index is 0.0745. The molecule has 2 heterocycles. The van der Waals surface area contributed by atoms with Crippen LogP contribution in [0.15, 0.2) is 18.2 Å². The monoisotopic (exact) mass is 239 g/mol. The van der Waals surface area contributed by atoms with Gasteiger partial charge in [0.1, 0.15) is 11.0 Å². The number of nitrogens with zero attached hydrogens (tertiary/aromatic N) is 2. The van der Waals surface area contributed by atoms with E-state index in [9.17, 15) is 4.79 Å². The van der Waals surface area contributed by atoms with Gasteiger partial charge in [0, 0.05) is 13.1 Å². The lowest BCUT2D eigenvalue weighted by Gasteiger charge is -2.32. The lowest BCUT2D eigenvalue weighted by molar-refractivity contribution is -0.122. The highest BCUT2D eigenvalue weighted by Gasteiger charge is 2.24. The van der Waals surface area contributed by atoms with Crippen molar-refractivity contribution in [2.24, 2.45) is 11.7 Å². The number of hydrogen-bond acceptors (Lipinski definition) is 3. The van der Waals surface area contributed by atoms with Crippen molar-refractivity contribution in [2.45, 2.75) is 12.8 Å². The van der Waals surface area contributed by atoms with E-state index in [1.54, 1.807) is 6.07 Å². The summed E-state index contributed by atoms with van der Waals surface area (Å²) in [5.41, 5.74) is 5.33. The van der Waals surface area contributed by atoms with E-state index in [4.69, 9.17) is 17.3 Å². The van der Waals surface area contributed by atoms with Crippen molar-refractivity contribution in [3.8, 4) is 0 Å². The van der Waals surface area contributed by atoms with Crippen LogP contribution in [0.3, 0.4) is 0 Å². The predicted molar refractivity (Wildman–Crippen MR) is 63.4 cm³/mol. The second-order valence-electron chi connectivity index (χ2n) is 4.01. The Morgan fingerprint density at radius 2 is 2.38 bits per heavy atom. The lowest BCUT2D eigenvalue weighted by Crippen LogP contribution is -2.41. The van der Waals surface area contributed by atoms with Crippen molar-refractivity contribution >= 4 is 23.3 Å². The van der Waals surface area contributed by atoms with Crippen LogP contribution in [0.5, 0.6) is 0 Å². The van der Waals surface area contributed by atoms with Crippen molar-refractivity contribution in [3.05, 3.63) is 23.4 Å². The van der Waals surface area contributed by atoms with Crippen molar-refractivity contribution in [1.82, 2.24) is 4.98 Å². The molecule has 1 amide bonds. The molecule has 86 valence electrons. The third-order valence-electron chi connectivity index (χ3n) is 2.85. The number of primary amides is 1. The van der Waals surface area contributed by atoms with Crippen LogP contribution < -0.4 is 10.6 Å². The molecule has 0 bridgehead atoms. The van der Waals surface area contributed by atoms with E-state index >= 15 is 0 Å². The highest BCUT2D eigenvalue weighted by atomic mass is 35.5. The fraction of sp³-hybridized carbons (Fsp3) is 0.455.